The number of unbranched alkanes of at least 4 members (excludes halogenated alkanes) is 1. The molecule has 0 spiro atoms. The third-order valence-electron chi connectivity index (χ3n) is 5.24. The van der Waals surface area contributed by atoms with Crippen molar-refractivity contribution in [2.75, 3.05) is 6.61 Å². The van der Waals surface area contributed by atoms with Crippen molar-refractivity contribution < 1.29 is 31.3 Å². The van der Waals surface area contributed by atoms with E-state index in [4.69, 9.17) is 13.3 Å². The topological polar surface area (TPSA) is 115 Å². The van der Waals surface area contributed by atoms with E-state index in [-0.39, 0.29) is 48.0 Å². The summed E-state index contributed by atoms with van der Waals surface area (Å²) in [5.41, 5.74) is 0.676. The number of carbonyl (C=O) groups is 2. The van der Waals surface area contributed by atoms with Gasteiger partial charge in [0, 0.05) is 12.6 Å². The number of hydrogen-bond donors (Lipinski definition) is 1. The normalized spacial score (nSPS) is 11.2. The van der Waals surface area contributed by atoms with Gasteiger partial charge in [-0.2, -0.15) is 8.42 Å². The Morgan fingerprint density at radius 1 is 1.00 bits per heavy atom. The van der Waals surface area contributed by atoms with E-state index in [1.54, 1.807) is 41.5 Å². The number of urea groups is 1. The Bertz CT molecular complexity index is 1270. The summed E-state index contributed by atoms with van der Waals surface area (Å²) in [7, 11) is -4.30. The number of benzene rings is 2. The van der Waals surface area contributed by atoms with Crippen molar-refractivity contribution in [1.29, 1.82) is 0 Å². The fourth-order valence-corrected chi connectivity index (χ4v) is 4.53. The molecule has 1 N–H and O–H groups in total. The minimum Gasteiger partial charge on any atom is -0.467 e. The number of hydrogen-bond acceptors (Lipinski definition) is 7. The van der Waals surface area contributed by atoms with Gasteiger partial charge >= 0.3 is 22.1 Å². The Morgan fingerprint density at radius 2 is 1.73 bits per heavy atom. The van der Waals surface area contributed by atoms with Gasteiger partial charge < -0.3 is 23.6 Å². The second-order valence-corrected chi connectivity index (χ2v) is 10.2. The first-order valence-corrected chi connectivity index (χ1v) is 13.5. The molecule has 0 saturated heterocycles. The van der Waals surface area contributed by atoms with E-state index in [0.29, 0.717) is 12.2 Å². The minimum absolute atomic E-state index is 0.0422. The van der Waals surface area contributed by atoms with Gasteiger partial charge in [0.1, 0.15) is 16.4 Å². The Kier molecular flexibility index (Phi) is 9.73. The van der Waals surface area contributed by atoms with Crippen LogP contribution < -0.4 is 9.50 Å². The number of nitrogens with zero attached hydrogens (tertiary/aromatic N) is 1. The maximum absolute atomic E-state index is 13.0. The SMILES string of the molecule is CCCCOC(=O)c1ccccc1S(=O)(=O)Oc1ccc(CN(Cc2ccco2)C(=O)NC(C)C)cc1. The van der Waals surface area contributed by atoms with Gasteiger partial charge in [0.25, 0.3) is 0 Å². The molecule has 1 heterocycles. The summed E-state index contributed by atoms with van der Waals surface area (Å²) in [5.74, 6) is -0.0122. The summed E-state index contributed by atoms with van der Waals surface area (Å²) in [6.45, 7) is 6.44. The molecule has 2 aromatic carbocycles. The summed E-state index contributed by atoms with van der Waals surface area (Å²) in [5, 5.41) is 2.87. The molecule has 0 fully saturated rings. The van der Waals surface area contributed by atoms with Gasteiger partial charge in [-0.25, -0.2) is 9.59 Å². The zero-order valence-electron chi connectivity index (χ0n) is 21.2. The Hall–Kier alpha value is -3.79. The van der Waals surface area contributed by atoms with Crippen LogP contribution in [-0.4, -0.2) is 38.0 Å². The van der Waals surface area contributed by atoms with Crippen LogP contribution in [0, 0.1) is 0 Å². The molecule has 0 saturated carbocycles. The van der Waals surface area contributed by atoms with Gasteiger partial charge in [-0.05, 0) is 62.2 Å². The number of nitrogens with one attached hydrogen (secondary N) is 1. The molecule has 1 aromatic heterocycles. The Balaban J connectivity index is 1.73. The van der Waals surface area contributed by atoms with Crippen molar-refractivity contribution in [1.82, 2.24) is 10.2 Å². The lowest BCUT2D eigenvalue weighted by atomic mass is 10.2. The molecule has 2 amide bonds. The molecule has 0 aliphatic rings. The first-order valence-electron chi connectivity index (χ1n) is 12.1. The molecule has 0 aliphatic carbocycles. The van der Waals surface area contributed by atoms with Crippen LogP contribution in [0.4, 0.5) is 4.79 Å². The van der Waals surface area contributed by atoms with Crippen LogP contribution in [0.25, 0.3) is 0 Å². The van der Waals surface area contributed by atoms with E-state index in [9.17, 15) is 18.0 Å². The number of esters is 1. The molecule has 10 heteroatoms. The molecule has 3 rings (SSSR count). The predicted octanol–water partition coefficient (Wildman–Crippen LogP) is 5.12. The fraction of sp³-hybridized carbons (Fsp3) is 0.333. The monoisotopic (exact) mass is 528 g/mol. The maximum atomic E-state index is 13.0. The van der Waals surface area contributed by atoms with Gasteiger partial charge in [-0.15, -0.1) is 0 Å². The minimum atomic E-state index is -4.30. The van der Waals surface area contributed by atoms with Crippen LogP contribution in [0.3, 0.4) is 0 Å². The van der Waals surface area contributed by atoms with Crippen LogP contribution in [0.2, 0.25) is 0 Å². The van der Waals surface area contributed by atoms with Crippen molar-refractivity contribution in [2.24, 2.45) is 0 Å². The molecule has 0 unspecified atom stereocenters. The summed E-state index contributed by atoms with van der Waals surface area (Å²) >= 11 is 0. The molecular weight excluding hydrogens is 496 g/mol. The van der Waals surface area contributed by atoms with E-state index >= 15 is 0 Å². The zero-order chi connectivity index (χ0) is 26.8. The first-order chi connectivity index (χ1) is 17.7. The highest BCUT2D eigenvalue weighted by Gasteiger charge is 2.25. The van der Waals surface area contributed by atoms with Crippen molar-refractivity contribution >= 4 is 22.1 Å². The molecule has 0 bridgehead atoms. The highest BCUT2D eigenvalue weighted by atomic mass is 32.2. The second kappa shape index (κ2) is 13.0. The predicted molar refractivity (Wildman–Crippen MR) is 138 cm³/mol. The second-order valence-electron chi connectivity index (χ2n) is 8.71. The van der Waals surface area contributed by atoms with Crippen molar-refractivity contribution in [3.05, 3.63) is 83.8 Å². The van der Waals surface area contributed by atoms with E-state index < -0.39 is 16.1 Å². The average Bonchev–Trinajstić information content (AvgIpc) is 3.37. The molecule has 37 heavy (non-hydrogen) atoms. The lowest BCUT2D eigenvalue weighted by molar-refractivity contribution is 0.0495. The lowest BCUT2D eigenvalue weighted by Gasteiger charge is -2.23. The summed E-state index contributed by atoms with van der Waals surface area (Å²) in [6.07, 6.45) is 3.07. The molecular formula is C27H32N2O7S. The number of ether oxygens (including phenoxy) is 1. The highest BCUT2D eigenvalue weighted by Crippen LogP contribution is 2.23. The Morgan fingerprint density at radius 3 is 2.38 bits per heavy atom. The molecule has 3 aromatic rings. The quantitative estimate of drug-likeness (QED) is 0.197. The summed E-state index contributed by atoms with van der Waals surface area (Å²) < 4.78 is 41.9. The largest absolute Gasteiger partial charge is 0.467 e. The number of amides is 2. The average molecular weight is 529 g/mol. The molecule has 198 valence electrons. The lowest BCUT2D eigenvalue weighted by Crippen LogP contribution is -2.42. The van der Waals surface area contributed by atoms with Crippen molar-refractivity contribution in [3.63, 3.8) is 0 Å². The van der Waals surface area contributed by atoms with Gasteiger partial charge in [-0.3, -0.25) is 0 Å². The van der Waals surface area contributed by atoms with Crippen LogP contribution in [0.15, 0.2) is 76.2 Å². The number of rotatable bonds is 12. The van der Waals surface area contributed by atoms with Gasteiger partial charge in [0.05, 0.1) is 25.0 Å². The van der Waals surface area contributed by atoms with Crippen molar-refractivity contribution in [3.8, 4) is 5.75 Å². The summed E-state index contributed by atoms with van der Waals surface area (Å²) in [4.78, 5) is 26.5. The van der Waals surface area contributed by atoms with E-state index in [0.717, 1.165) is 12.0 Å². The Labute approximate surface area is 217 Å². The summed E-state index contributed by atoms with van der Waals surface area (Å²) in [6, 6.07) is 15.4. The first kappa shape index (κ1) is 27.8. The van der Waals surface area contributed by atoms with E-state index in [1.165, 1.54) is 30.3 Å². The van der Waals surface area contributed by atoms with Gasteiger partial charge in [0.15, 0.2) is 0 Å². The third-order valence-corrected chi connectivity index (χ3v) is 6.54. The molecule has 0 aliphatic heterocycles. The molecule has 0 radical (unpaired) electrons. The van der Waals surface area contributed by atoms with Gasteiger partial charge in [-0.1, -0.05) is 37.6 Å². The number of furan rings is 1. The van der Waals surface area contributed by atoms with Gasteiger partial charge in [0.2, 0.25) is 0 Å². The van der Waals surface area contributed by atoms with Crippen LogP contribution in [0.5, 0.6) is 5.75 Å². The van der Waals surface area contributed by atoms with Crippen LogP contribution in [0.1, 0.15) is 55.3 Å². The van der Waals surface area contributed by atoms with Crippen LogP contribution in [-0.2, 0) is 27.9 Å². The fourth-order valence-electron chi connectivity index (χ4n) is 3.41. The smallest absolute Gasteiger partial charge is 0.340 e. The zero-order valence-corrected chi connectivity index (χ0v) is 22.0. The van der Waals surface area contributed by atoms with Crippen LogP contribution >= 0.6 is 0 Å². The molecule has 9 nitrogen and oxygen atoms in total. The third kappa shape index (κ3) is 8.11. The molecule has 0 atom stereocenters. The van der Waals surface area contributed by atoms with E-state index in [1.807, 2.05) is 20.8 Å². The maximum Gasteiger partial charge on any atom is 0.340 e. The number of carbonyl (C=O) groups excluding carboxylic acids is 2. The van der Waals surface area contributed by atoms with Crippen molar-refractivity contribution in [2.45, 2.75) is 57.6 Å². The highest BCUT2D eigenvalue weighted by molar-refractivity contribution is 7.87. The standard InChI is InChI=1S/C27H32N2O7S/c1-4-5-16-35-26(30)24-10-6-7-11-25(24)37(32,33)36-22-14-12-21(13-15-22)18-29(27(31)28-20(2)3)19-23-9-8-17-34-23/h6-15,17,20H,4-5,16,18-19H2,1-3H3,(H,28,31). The van der Waals surface area contributed by atoms with E-state index in [2.05, 4.69) is 5.32 Å².